The number of nitrogens with one attached hydrogen (secondary N) is 1. The fraction of sp³-hybridized carbons (Fsp3) is 0.222. The van der Waals surface area contributed by atoms with Crippen molar-refractivity contribution in [2.24, 2.45) is 5.10 Å². The number of hydrazone groups is 1. The van der Waals surface area contributed by atoms with Crippen LogP contribution in [-0.4, -0.2) is 17.2 Å². The molecule has 2 aromatic carbocycles. The van der Waals surface area contributed by atoms with Crippen molar-refractivity contribution in [2.75, 3.05) is 0 Å². The molecule has 4 nitrogen and oxygen atoms in total. The van der Waals surface area contributed by atoms with Crippen LogP contribution in [0.3, 0.4) is 0 Å². The number of rotatable bonds is 3. The van der Waals surface area contributed by atoms with Crippen LogP contribution in [0.25, 0.3) is 0 Å². The summed E-state index contributed by atoms with van der Waals surface area (Å²) in [4.78, 5) is 12.1. The second-order valence-corrected chi connectivity index (χ2v) is 7.64. The van der Waals surface area contributed by atoms with Crippen molar-refractivity contribution < 1.29 is 9.90 Å². The van der Waals surface area contributed by atoms with Gasteiger partial charge < -0.3 is 5.11 Å². The molecule has 0 fully saturated rings. The predicted octanol–water partition coefficient (Wildman–Crippen LogP) is 4.87. The van der Waals surface area contributed by atoms with Crippen LogP contribution in [0.15, 0.2) is 46.0 Å². The second-order valence-electron chi connectivity index (χ2n) is 6.35. The second kappa shape index (κ2) is 7.36. The average molecular weight is 410 g/mol. The van der Waals surface area contributed by atoms with E-state index in [2.05, 4.69) is 47.2 Å². The van der Waals surface area contributed by atoms with Crippen LogP contribution in [0.1, 0.15) is 42.3 Å². The van der Waals surface area contributed by atoms with Crippen LogP contribution in [-0.2, 0) is 5.41 Å². The highest BCUT2D eigenvalue weighted by Gasteiger charge is 2.14. The maximum atomic E-state index is 12.1. The lowest BCUT2D eigenvalue weighted by atomic mass is 9.87. The molecule has 0 aliphatic rings. The molecule has 0 saturated carbocycles. The van der Waals surface area contributed by atoms with Gasteiger partial charge in [0.25, 0.3) is 5.91 Å². The molecule has 1 amide bonds. The number of phenols is 1. The van der Waals surface area contributed by atoms with Gasteiger partial charge in [-0.3, -0.25) is 4.79 Å². The summed E-state index contributed by atoms with van der Waals surface area (Å²) < 4.78 is 0.459. The van der Waals surface area contributed by atoms with E-state index in [0.29, 0.717) is 20.6 Å². The Morgan fingerprint density at radius 1 is 1.25 bits per heavy atom. The van der Waals surface area contributed by atoms with Crippen LogP contribution in [0.4, 0.5) is 0 Å². The molecular weight excluding hydrogens is 392 g/mol. The first kappa shape index (κ1) is 18.5. The summed E-state index contributed by atoms with van der Waals surface area (Å²) in [5.41, 5.74) is 4.53. The number of nitrogens with zero attached hydrogens (tertiary/aromatic N) is 1. The van der Waals surface area contributed by atoms with Crippen molar-refractivity contribution in [1.82, 2.24) is 5.43 Å². The SMILES string of the molecule is CC(C)(C)c1ccc(C(=O)NN=Cc2cc(Cl)cc(Br)c2O)cc1. The molecule has 2 N–H and O–H groups in total. The third-order valence-electron chi connectivity index (χ3n) is 3.44. The van der Waals surface area contributed by atoms with E-state index in [1.807, 2.05) is 12.1 Å². The molecule has 6 heteroatoms. The molecule has 2 aromatic rings. The van der Waals surface area contributed by atoms with Crippen LogP contribution in [0.5, 0.6) is 5.75 Å². The van der Waals surface area contributed by atoms with E-state index in [1.54, 1.807) is 24.3 Å². The number of halogens is 2. The number of hydrogen-bond donors (Lipinski definition) is 2. The monoisotopic (exact) mass is 408 g/mol. The van der Waals surface area contributed by atoms with Crippen molar-refractivity contribution in [3.8, 4) is 5.75 Å². The van der Waals surface area contributed by atoms with E-state index in [4.69, 9.17) is 11.6 Å². The van der Waals surface area contributed by atoms with Crippen molar-refractivity contribution in [1.29, 1.82) is 0 Å². The molecule has 126 valence electrons. The molecule has 0 aromatic heterocycles. The van der Waals surface area contributed by atoms with Gasteiger partial charge in [-0.05, 0) is 51.2 Å². The van der Waals surface area contributed by atoms with Crippen molar-refractivity contribution >= 4 is 39.7 Å². The maximum absolute atomic E-state index is 12.1. The highest BCUT2D eigenvalue weighted by atomic mass is 79.9. The zero-order valence-corrected chi connectivity index (χ0v) is 15.9. The van der Waals surface area contributed by atoms with Gasteiger partial charge in [0.05, 0.1) is 10.7 Å². The zero-order chi connectivity index (χ0) is 17.9. The number of hydrogen-bond acceptors (Lipinski definition) is 3. The number of carbonyl (C=O) groups excluding carboxylic acids is 1. The maximum Gasteiger partial charge on any atom is 0.271 e. The van der Waals surface area contributed by atoms with Crippen molar-refractivity contribution in [2.45, 2.75) is 26.2 Å². The van der Waals surface area contributed by atoms with E-state index in [9.17, 15) is 9.90 Å². The summed E-state index contributed by atoms with van der Waals surface area (Å²) in [6.45, 7) is 6.34. The molecule has 2 rings (SSSR count). The minimum atomic E-state index is -0.327. The first-order valence-electron chi connectivity index (χ1n) is 7.30. The van der Waals surface area contributed by atoms with E-state index in [1.165, 1.54) is 6.21 Å². The molecule has 0 unspecified atom stereocenters. The Bertz CT molecular complexity index is 781. The Morgan fingerprint density at radius 2 is 1.88 bits per heavy atom. The number of carbonyl (C=O) groups is 1. The first-order chi connectivity index (χ1) is 11.2. The lowest BCUT2D eigenvalue weighted by Gasteiger charge is -2.18. The normalized spacial score (nSPS) is 11.7. The Kier molecular flexibility index (Phi) is 5.67. The van der Waals surface area contributed by atoms with Gasteiger partial charge in [0.2, 0.25) is 0 Å². The highest BCUT2D eigenvalue weighted by molar-refractivity contribution is 9.10. The molecule has 24 heavy (non-hydrogen) atoms. The van der Waals surface area contributed by atoms with Gasteiger partial charge in [0.1, 0.15) is 5.75 Å². The van der Waals surface area contributed by atoms with Crippen molar-refractivity contribution in [3.05, 3.63) is 62.6 Å². The number of amides is 1. The molecule has 0 radical (unpaired) electrons. The summed E-state index contributed by atoms with van der Waals surface area (Å²) in [7, 11) is 0. The van der Waals surface area contributed by atoms with Gasteiger partial charge in [-0.25, -0.2) is 5.43 Å². The molecule has 0 atom stereocenters. The smallest absolute Gasteiger partial charge is 0.271 e. The van der Waals surface area contributed by atoms with Gasteiger partial charge in [-0.2, -0.15) is 5.10 Å². The minimum absolute atomic E-state index is 0.00642. The Labute approximate surface area is 154 Å². The van der Waals surface area contributed by atoms with Crippen LogP contribution < -0.4 is 5.43 Å². The largest absolute Gasteiger partial charge is 0.506 e. The minimum Gasteiger partial charge on any atom is -0.506 e. The summed E-state index contributed by atoms with van der Waals surface area (Å²) >= 11 is 9.11. The molecule has 0 heterocycles. The van der Waals surface area contributed by atoms with Gasteiger partial charge >= 0.3 is 0 Å². The summed E-state index contributed by atoms with van der Waals surface area (Å²) in [6, 6.07) is 10.5. The summed E-state index contributed by atoms with van der Waals surface area (Å²) in [5.74, 6) is -0.320. The molecule has 0 bridgehead atoms. The van der Waals surface area contributed by atoms with Crippen LogP contribution >= 0.6 is 27.5 Å². The fourth-order valence-corrected chi connectivity index (χ4v) is 2.86. The topological polar surface area (TPSA) is 61.7 Å². The molecule has 0 spiro atoms. The lowest BCUT2D eigenvalue weighted by molar-refractivity contribution is 0.0955. The summed E-state index contributed by atoms with van der Waals surface area (Å²) in [5, 5.41) is 14.2. The Hall–Kier alpha value is -1.85. The standard InChI is InChI=1S/C18H18BrClN2O2/c1-18(2,3)13-6-4-11(5-7-13)17(24)22-21-10-12-8-14(20)9-15(19)16(12)23/h4-10,23H,1-3H3,(H,22,24). The number of aromatic hydroxyl groups is 1. The predicted molar refractivity (Wildman–Crippen MR) is 101 cm³/mol. The van der Waals surface area contributed by atoms with Gasteiger partial charge in [-0.15, -0.1) is 0 Å². The van der Waals surface area contributed by atoms with Gasteiger partial charge in [0.15, 0.2) is 0 Å². The molecular formula is C18H18BrClN2O2. The molecule has 0 aliphatic carbocycles. The van der Waals surface area contributed by atoms with Crippen LogP contribution in [0.2, 0.25) is 5.02 Å². The Balaban J connectivity index is 2.08. The molecule has 0 aliphatic heterocycles. The third kappa shape index (κ3) is 4.58. The molecule has 0 saturated heterocycles. The summed E-state index contributed by atoms with van der Waals surface area (Å²) in [6.07, 6.45) is 1.34. The highest BCUT2D eigenvalue weighted by Crippen LogP contribution is 2.30. The van der Waals surface area contributed by atoms with Crippen molar-refractivity contribution in [3.63, 3.8) is 0 Å². The first-order valence-corrected chi connectivity index (χ1v) is 8.47. The van der Waals surface area contributed by atoms with E-state index in [-0.39, 0.29) is 17.1 Å². The van der Waals surface area contributed by atoms with Crippen LogP contribution in [0, 0.1) is 0 Å². The average Bonchev–Trinajstić information content (AvgIpc) is 2.51. The quantitative estimate of drug-likeness (QED) is 0.561. The number of phenolic OH excluding ortho intramolecular Hbond substituents is 1. The van der Waals surface area contributed by atoms with E-state index in [0.717, 1.165) is 5.56 Å². The lowest BCUT2D eigenvalue weighted by Crippen LogP contribution is -2.18. The number of benzene rings is 2. The third-order valence-corrected chi connectivity index (χ3v) is 4.26. The fourth-order valence-electron chi connectivity index (χ4n) is 2.03. The van der Waals surface area contributed by atoms with Gasteiger partial charge in [-0.1, -0.05) is 44.5 Å². The van der Waals surface area contributed by atoms with E-state index >= 15 is 0 Å². The Morgan fingerprint density at radius 3 is 2.46 bits per heavy atom. The van der Waals surface area contributed by atoms with E-state index < -0.39 is 0 Å². The van der Waals surface area contributed by atoms with Gasteiger partial charge in [0, 0.05) is 16.1 Å². The zero-order valence-electron chi connectivity index (χ0n) is 13.6.